The number of pyridine rings is 1. The van der Waals surface area contributed by atoms with Gasteiger partial charge in [0.15, 0.2) is 0 Å². The van der Waals surface area contributed by atoms with Crippen LogP contribution in [-0.4, -0.2) is 22.2 Å². The minimum Gasteiger partial charge on any atom is -0.389 e. The summed E-state index contributed by atoms with van der Waals surface area (Å²) < 4.78 is 13.0. The molecular weight excluding hydrogens is 219 g/mol. The van der Waals surface area contributed by atoms with E-state index in [4.69, 9.17) is 0 Å². The second kappa shape index (κ2) is 5.56. The van der Waals surface area contributed by atoms with Crippen LogP contribution in [0.25, 0.3) is 0 Å². The fourth-order valence-corrected chi connectivity index (χ4v) is 1.35. The second-order valence-corrected chi connectivity index (χ2v) is 5.05. The summed E-state index contributed by atoms with van der Waals surface area (Å²) >= 11 is 0. The summed E-state index contributed by atoms with van der Waals surface area (Å²) in [7, 11) is 0. The van der Waals surface area contributed by atoms with Gasteiger partial charge in [-0.25, -0.2) is 4.39 Å². The normalized spacial score (nSPS) is 16.9. The molecule has 3 nitrogen and oxygen atoms in total. The fourth-order valence-electron chi connectivity index (χ4n) is 1.35. The maximum absolute atomic E-state index is 13.0. The lowest BCUT2D eigenvalue weighted by Gasteiger charge is -2.29. The van der Waals surface area contributed by atoms with Crippen molar-refractivity contribution in [2.75, 3.05) is 6.54 Å². The minimum atomic E-state index is -0.769. The highest BCUT2D eigenvalue weighted by Crippen LogP contribution is 2.17. The number of hydrogen-bond donors (Lipinski definition) is 2. The first-order chi connectivity index (χ1) is 7.83. The first-order valence-electron chi connectivity index (χ1n) is 5.89. The summed E-state index contributed by atoms with van der Waals surface area (Å²) in [5, 5.41) is 13.3. The Hall–Kier alpha value is -1.00. The topological polar surface area (TPSA) is 45.1 Å². The van der Waals surface area contributed by atoms with Crippen LogP contribution in [0.15, 0.2) is 18.5 Å². The Bertz CT molecular complexity index is 366. The zero-order valence-corrected chi connectivity index (χ0v) is 10.9. The van der Waals surface area contributed by atoms with Crippen LogP contribution in [0.2, 0.25) is 0 Å². The van der Waals surface area contributed by atoms with Crippen LogP contribution in [-0.2, 0) is 0 Å². The van der Waals surface area contributed by atoms with Gasteiger partial charge in [0.05, 0.1) is 11.8 Å². The quantitative estimate of drug-likeness (QED) is 0.830. The smallest absolute Gasteiger partial charge is 0.141 e. The number of rotatable bonds is 5. The van der Waals surface area contributed by atoms with Crippen molar-refractivity contribution in [3.8, 4) is 0 Å². The van der Waals surface area contributed by atoms with Crippen molar-refractivity contribution in [1.82, 2.24) is 10.3 Å². The van der Waals surface area contributed by atoms with Gasteiger partial charge >= 0.3 is 0 Å². The maximum atomic E-state index is 13.0. The van der Waals surface area contributed by atoms with Crippen LogP contribution >= 0.6 is 0 Å². The van der Waals surface area contributed by atoms with E-state index in [0.717, 1.165) is 5.56 Å². The predicted octanol–water partition coefficient (Wildman–Crippen LogP) is 2.28. The van der Waals surface area contributed by atoms with Gasteiger partial charge in [-0.1, -0.05) is 13.8 Å². The van der Waals surface area contributed by atoms with Gasteiger partial charge in [-0.3, -0.25) is 4.98 Å². The summed E-state index contributed by atoms with van der Waals surface area (Å²) in [5.41, 5.74) is 0.0132. The van der Waals surface area contributed by atoms with Gasteiger partial charge in [-0.15, -0.1) is 0 Å². The van der Waals surface area contributed by atoms with E-state index in [1.165, 1.54) is 12.3 Å². The Balaban J connectivity index is 2.59. The molecule has 1 aromatic heterocycles. The van der Waals surface area contributed by atoms with Gasteiger partial charge in [0.2, 0.25) is 0 Å². The Morgan fingerprint density at radius 2 is 2.06 bits per heavy atom. The minimum absolute atomic E-state index is 0.0385. The number of hydrogen-bond acceptors (Lipinski definition) is 3. The molecule has 2 atom stereocenters. The van der Waals surface area contributed by atoms with Gasteiger partial charge in [0.25, 0.3) is 0 Å². The average Bonchev–Trinajstić information content (AvgIpc) is 2.25. The molecule has 0 radical (unpaired) electrons. The van der Waals surface area contributed by atoms with Crippen LogP contribution in [0.5, 0.6) is 0 Å². The third-order valence-corrected chi connectivity index (χ3v) is 3.24. The Labute approximate surface area is 102 Å². The van der Waals surface area contributed by atoms with E-state index < -0.39 is 5.60 Å². The van der Waals surface area contributed by atoms with Gasteiger partial charge in [-0.05, 0) is 31.4 Å². The lowest BCUT2D eigenvalue weighted by molar-refractivity contribution is 0.0122. The molecule has 1 rings (SSSR count). The number of aromatic nitrogens is 1. The number of nitrogens with zero attached hydrogens (tertiary/aromatic N) is 1. The van der Waals surface area contributed by atoms with Crippen LogP contribution < -0.4 is 5.32 Å². The van der Waals surface area contributed by atoms with Crippen molar-refractivity contribution in [3.63, 3.8) is 0 Å². The Morgan fingerprint density at radius 3 is 2.59 bits per heavy atom. The van der Waals surface area contributed by atoms with E-state index in [0.29, 0.717) is 6.54 Å². The number of nitrogens with one attached hydrogen (secondary N) is 1. The molecule has 0 saturated carbocycles. The van der Waals surface area contributed by atoms with Gasteiger partial charge < -0.3 is 10.4 Å². The van der Waals surface area contributed by atoms with E-state index in [1.807, 2.05) is 20.8 Å². The van der Waals surface area contributed by atoms with Crippen LogP contribution in [0, 0.1) is 11.7 Å². The Morgan fingerprint density at radius 1 is 1.41 bits per heavy atom. The molecule has 96 valence electrons. The van der Waals surface area contributed by atoms with E-state index in [9.17, 15) is 9.50 Å². The van der Waals surface area contributed by atoms with Gasteiger partial charge in [-0.2, -0.15) is 0 Å². The van der Waals surface area contributed by atoms with Gasteiger partial charge in [0, 0.05) is 18.8 Å². The molecule has 4 heteroatoms. The van der Waals surface area contributed by atoms with Crippen molar-refractivity contribution >= 4 is 0 Å². The zero-order valence-electron chi connectivity index (χ0n) is 10.9. The van der Waals surface area contributed by atoms with E-state index in [1.54, 1.807) is 13.1 Å². The molecule has 0 aliphatic rings. The number of halogens is 1. The van der Waals surface area contributed by atoms with E-state index in [2.05, 4.69) is 10.3 Å². The SMILES string of the molecule is CC(NCC(C)(O)C(C)C)c1cncc(F)c1. The summed E-state index contributed by atoms with van der Waals surface area (Å²) in [6.07, 6.45) is 2.81. The monoisotopic (exact) mass is 240 g/mol. The molecule has 1 heterocycles. The third-order valence-electron chi connectivity index (χ3n) is 3.24. The largest absolute Gasteiger partial charge is 0.389 e. The predicted molar refractivity (Wildman–Crippen MR) is 66.1 cm³/mol. The summed E-state index contributed by atoms with van der Waals surface area (Å²) in [6, 6.07) is 1.41. The lowest BCUT2D eigenvalue weighted by atomic mass is 9.92. The molecule has 0 saturated heterocycles. The molecular formula is C13H21FN2O. The zero-order chi connectivity index (χ0) is 13.1. The van der Waals surface area contributed by atoms with Crippen molar-refractivity contribution in [1.29, 1.82) is 0 Å². The lowest BCUT2D eigenvalue weighted by Crippen LogP contribution is -2.43. The van der Waals surface area contributed by atoms with Crippen molar-refractivity contribution in [3.05, 3.63) is 29.8 Å². The molecule has 1 aromatic rings. The molecule has 0 aliphatic carbocycles. The molecule has 17 heavy (non-hydrogen) atoms. The molecule has 2 unspecified atom stereocenters. The molecule has 2 N–H and O–H groups in total. The summed E-state index contributed by atoms with van der Waals surface area (Å²) in [6.45, 7) is 8.11. The second-order valence-electron chi connectivity index (χ2n) is 5.05. The highest BCUT2D eigenvalue weighted by molar-refractivity contribution is 5.14. The van der Waals surface area contributed by atoms with E-state index >= 15 is 0 Å². The summed E-state index contributed by atoms with van der Waals surface area (Å²) in [5.74, 6) is -0.181. The average molecular weight is 240 g/mol. The van der Waals surface area contributed by atoms with Crippen LogP contribution in [0.1, 0.15) is 39.3 Å². The first kappa shape index (κ1) is 14.1. The molecule has 0 bridgehead atoms. The Kier molecular flexibility index (Phi) is 4.60. The number of aliphatic hydroxyl groups is 1. The van der Waals surface area contributed by atoms with E-state index in [-0.39, 0.29) is 17.8 Å². The van der Waals surface area contributed by atoms with Crippen molar-refractivity contribution < 1.29 is 9.50 Å². The molecule has 0 spiro atoms. The standard InChI is InChI=1S/C13H21FN2O/c1-9(2)13(4,17)8-16-10(3)11-5-12(14)7-15-6-11/h5-7,9-10,16-17H,8H2,1-4H3. The highest BCUT2D eigenvalue weighted by atomic mass is 19.1. The third kappa shape index (κ3) is 4.06. The molecule has 0 aromatic carbocycles. The highest BCUT2D eigenvalue weighted by Gasteiger charge is 2.25. The molecule has 0 fully saturated rings. The maximum Gasteiger partial charge on any atom is 0.141 e. The van der Waals surface area contributed by atoms with Crippen LogP contribution in [0.3, 0.4) is 0 Å². The van der Waals surface area contributed by atoms with Crippen molar-refractivity contribution in [2.24, 2.45) is 5.92 Å². The van der Waals surface area contributed by atoms with Crippen molar-refractivity contribution in [2.45, 2.75) is 39.3 Å². The fraction of sp³-hybridized carbons (Fsp3) is 0.615. The first-order valence-corrected chi connectivity index (χ1v) is 5.89. The molecule has 0 aliphatic heterocycles. The van der Waals surface area contributed by atoms with Crippen LogP contribution in [0.4, 0.5) is 4.39 Å². The summed E-state index contributed by atoms with van der Waals surface area (Å²) in [4.78, 5) is 3.81. The van der Waals surface area contributed by atoms with Gasteiger partial charge in [0.1, 0.15) is 5.82 Å². The molecule has 0 amide bonds.